The van der Waals surface area contributed by atoms with Gasteiger partial charge >= 0.3 is 0 Å². The molecule has 2 aromatic rings. The molecule has 0 aliphatic rings. The molecule has 0 fully saturated rings. The number of ketones is 1. The number of Topliss-reactive ketones (excluding diaryl/α,β-unsaturated/α-hetero) is 1. The Morgan fingerprint density at radius 3 is 2.00 bits per heavy atom. The number of carbonyl (C=O) groups excluding carboxylic acids is 1. The van der Waals surface area contributed by atoms with Gasteiger partial charge in [-0.25, -0.2) is 0 Å². The fourth-order valence-electron chi connectivity index (χ4n) is 1.79. The maximum Gasteiger partial charge on any atom is 0.194 e. The van der Waals surface area contributed by atoms with Crippen LogP contribution in [-0.2, 0) is 9.63 Å². The van der Waals surface area contributed by atoms with Crippen LogP contribution in [-0.4, -0.2) is 31.5 Å². The van der Waals surface area contributed by atoms with Gasteiger partial charge in [-0.15, -0.1) is 0 Å². The minimum atomic E-state index is -0.0947. The molecule has 0 aromatic heterocycles. The predicted molar refractivity (Wildman–Crippen MR) is 102 cm³/mol. The van der Waals surface area contributed by atoms with E-state index in [1.807, 2.05) is 74.8 Å². The van der Waals surface area contributed by atoms with Crippen molar-refractivity contribution in [2.45, 2.75) is 20.3 Å². The fourth-order valence-corrected chi connectivity index (χ4v) is 1.79. The minimum absolute atomic E-state index is 0.0947. The second-order valence-electron chi connectivity index (χ2n) is 5.54. The first-order valence-corrected chi connectivity index (χ1v) is 8.33. The molecule has 0 unspecified atom stereocenters. The van der Waals surface area contributed by atoms with Crippen LogP contribution in [0.3, 0.4) is 0 Å². The number of hydrogen-bond acceptors (Lipinski definition) is 4. The Hall–Kier alpha value is -2.43. The lowest BCUT2D eigenvalue weighted by Crippen LogP contribution is -2.12. The number of ether oxygens (including phenoxy) is 1. The highest BCUT2D eigenvalue weighted by Crippen LogP contribution is 2.15. The molecule has 4 heteroatoms. The Balaban J connectivity index is 0.000000381. The summed E-state index contributed by atoms with van der Waals surface area (Å²) in [4.78, 5) is 16.6. The Bertz CT molecular complexity index is 637. The van der Waals surface area contributed by atoms with Gasteiger partial charge in [-0.05, 0) is 30.2 Å². The van der Waals surface area contributed by atoms with Gasteiger partial charge in [-0.3, -0.25) is 9.63 Å². The molecule has 0 radical (unpaired) electrons. The van der Waals surface area contributed by atoms with Gasteiger partial charge in [0.2, 0.25) is 0 Å². The molecular weight excluding hydrogens is 314 g/mol. The first-order valence-electron chi connectivity index (χ1n) is 8.33. The van der Waals surface area contributed by atoms with E-state index in [4.69, 9.17) is 9.57 Å². The van der Waals surface area contributed by atoms with Crippen molar-refractivity contribution in [1.82, 2.24) is 5.06 Å². The molecule has 0 saturated carbocycles. The minimum Gasteiger partial charge on any atom is -0.454 e. The highest BCUT2D eigenvalue weighted by atomic mass is 16.7. The zero-order valence-corrected chi connectivity index (χ0v) is 15.4. The van der Waals surface area contributed by atoms with Crippen molar-refractivity contribution >= 4 is 11.9 Å². The lowest BCUT2D eigenvalue weighted by atomic mass is 10.2. The molecule has 0 aliphatic carbocycles. The number of hydrogen-bond donors (Lipinski definition) is 0. The van der Waals surface area contributed by atoms with E-state index in [-0.39, 0.29) is 5.78 Å². The van der Waals surface area contributed by atoms with Gasteiger partial charge in [0.1, 0.15) is 5.75 Å². The molecule has 4 nitrogen and oxygen atoms in total. The normalized spacial score (nSPS) is 10.8. The second-order valence-corrected chi connectivity index (χ2v) is 5.54. The fraction of sp³-hybridized carbons (Fsp3) is 0.286. The molecule has 0 aliphatic heterocycles. The van der Waals surface area contributed by atoms with Crippen LogP contribution in [0.4, 0.5) is 0 Å². The molecule has 0 atom stereocenters. The third-order valence-corrected chi connectivity index (χ3v) is 2.97. The van der Waals surface area contributed by atoms with Crippen LogP contribution in [0.5, 0.6) is 5.75 Å². The van der Waals surface area contributed by atoms with Gasteiger partial charge in [0.05, 0.1) is 6.61 Å². The summed E-state index contributed by atoms with van der Waals surface area (Å²) in [6.07, 6.45) is 2.83. The summed E-state index contributed by atoms with van der Waals surface area (Å²) in [6.45, 7) is 4.41. The van der Waals surface area contributed by atoms with Crippen LogP contribution >= 0.6 is 0 Å². The van der Waals surface area contributed by atoms with Gasteiger partial charge in [0.15, 0.2) is 11.5 Å². The van der Waals surface area contributed by atoms with E-state index in [1.54, 1.807) is 11.1 Å². The summed E-state index contributed by atoms with van der Waals surface area (Å²) in [6, 6.07) is 18.9. The van der Waals surface area contributed by atoms with Crippen LogP contribution in [0.15, 0.2) is 66.4 Å². The van der Waals surface area contributed by atoms with Crippen LogP contribution in [0.25, 0.3) is 6.08 Å². The summed E-state index contributed by atoms with van der Waals surface area (Å²) < 4.78 is 5.59. The summed E-state index contributed by atoms with van der Waals surface area (Å²) >= 11 is 0. The molecular formula is C21H27NO3. The molecule has 0 amide bonds. The highest BCUT2D eigenvalue weighted by Gasteiger charge is 2.06. The zero-order valence-electron chi connectivity index (χ0n) is 15.4. The van der Waals surface area contributed by atoms with Gasteiger partial charge in [-0.2, -0.15) is 5.06 Å². The van der Waals surface area contributed by atoms with Crippen molar-refractivity contribution in [3.05, 3.63) is 72.0 Å². The Kier molecular flexibility index (Phi) is 9.90. The maximum absolute atomic E-state index is 11.6. The van der Waals surface area contributed by atoms with Crippen LogP contribution in [0, 0.1) is 0 Å². The van der Waals surface area contributed by atoms with Gasteiger partial charge in [-0.1, -0.05) is 55.5 Å². The van der Waals surface area contributed by atoms with E-state index >= 15 is 0 Å². The summed E-state index contributed by atoms with van der Waals surface area (Å²) in [5.74, 6) is 0.907. The van der Waals surface area contributed by atoms with Crippen LogP contribution in [0.1, 0.15) is 25.8 Å². The van der Waals surface area contributed by atoms with E-state index in [0.29, 0.717) is 11.5 Å². The molecule has 0 N–H and O–H groups in total. The summed E-state index contributed by atoms with van der Waals surface area (Å²) in [7, 11) is 3.77. The monoisotopic (exact) mass is 341 g/mol. The van der Waals surface area contributed by atoms with E-state index in [0.717, 1.165) is 18.6 Å². The quantitative estimate of drug-likeness (QED) is 0.420. The van der Waals surface area contributed by atoms with Crippen molar-refractivity contribution in [2.75, 3.05) is 20.7 Å². The summed E-state index contributed by atoms with van der Waals surface area (Å²) in [5, 5.41) is 1.71. The third kappa shape index (κ3) is 9.45. The first-order chi connectivity index (χ1) is 12.0. The van der Waals surface area contributed by atoms with E-state index in [9.17, 15) is 4.79 Å². The number of nitrogens with zero attached hydrogens (tertiary/aromatic N) is 1. The molecule has 2 rings (SSSR count). The molecule has 134 valence electrons. The number of allylic oxidation sites excluding steroid dienone is 1. The zero-order chi connectivity index (χ0) is 18.5. The lowest BCUT2D eigenvalue weighted by molar-refractivity contribution is -0.119. The van der Waals surface area contributed by atoms with Crippen LogP contribution < -0.4 is 4.74 Å². The molecule has 0 spiro atoms. The largest absolute Gasteiger partial charge is 0.454 e. The number of hydroxylamine groups is 2. The second kappa shape index (κ2) is 12.0. The number of rotatable bonds is 7. The number of para-hydroxylation sites is 1. The summed E-state index contributed by atoms with van der Waals surface area (Å²) in [5.41, 5.74) is 0.943. The van der Waals surface area contributed by atoms with Crippen molar-refractivity contribution in [2.24, 2.45) is 0 Å². The molecule has 2 aromatic carbocycles. The van der Waals surface area contributed by atoms with E-state index in [1.165, 1.54) is 6.92 Å². The standard InChI is InChI=1S/C16H14O2.C5H13NO/c1-13(17)16(12-14-8-4-2-5-9-14)18-15-10-6-3-7-11-15;1-4-5-7-6(2)3/h2-12H,1H3;4-5H2,1-3H3. The Morgan fingerprint density at radius 1 is 1.00 bits per heavy atom. The Morgan fingerprint density at radius 2 is 1.56 bits per heavy atom. The topological polar surface area (TPSA) is 38.8 Å². The molecule has 0 saturated heterocycles. The van der Waals surface area contributed by atoms with Crippen molar-refractivity contribution in [1.29, 1.82) is 0 Å². The number of carbonyl (C=O) groups is 1. The SMILES string of the molecule is CC(=O)C(=Cc1ccccc1)Oc1ccccc1.CCCON(C)C. The predicted octanol–water partition coefficient (Wildman–Crippen LogP) is 4.59. The van der Waals surface area contributed by atoms with E-state index in [2.05, 4.69) is 6.92 Å². The lowest BCUT2D eigenvalue weighted by Gasteiger charge is -2.07. The molecule has 0 heterocycles. The molecule has 0 bridgehead atoms. The average molecular weight is 341 g/mol. The maximum atomic E-state index is 11.6. The Labute approximate surface area is 150 Å². The van der Waals surface area contributed by atoms with Gasteiger partial charge in [0.25, 0.3) is 0 Å². The van der Waals surface area contributed by atoms with Gasteiger partial charge < -0.3 is 4.74 Å². The van der Waals surface area contributed by atoms with Crippen molar-refractivity contribution in [3.63, 3.8) is 0 Å². The van der Waals surface area contributed by atoms with Crippen molar-refractivity contribution in [3.8, 4) is 5.75 Å². The third-order valence-electron chi connectivity index (χ3n) is 2.97. The van der Waals surface area contributed by atoms with Crippen LogP contribution in [0.2, 0.25) is 0 Å². The smallest absolute Gasteiger partial charge is 0.194 e. The average Bonchev–Trinajstić information content (AvgIpc) is 2.61. The highest BCUT2D eigenvalue weighted by molar-refractivity contribution is 5.96. The van der Waals surface area contributed by atoms with E-state index < -0.39 is 0 Å². The first kappa shape index (κ1) is 20.6. The van der Waals surface area contributed by atoms with Crippen molar-refractivity contribution < 1.29 is 14.4 Å². The van der Waals surface area contributed by atoms with Gasteiger partial charge in [0, 0.05) is 21.0 Å². The molecule has 25 heavy (non-hydrogen) atoms. The number of benzene rings is 2.